The van der Waals surface area contributed by atoms with E-state index < -0.39 is 0 Å². The molecule has 0 unspecified atom stereocenters. The van der Waals surface area contributed by atoms with Crippen LogP contribution in [0.15, 0.2) is 30.6 Å². The second-order valence-corrected chi connectivity index (χ2v) is 12.2. The average molecular weight is 527 g/mol. The molecule has 2 aliphatic heterocycles. The summed E-state index contributed by atoms with van der Waals surface area (Å²) in [6, 6.07) is 6.66. The molecular formula is C30H48N5O3+. The first-order chi connectivity index (χ1) is 18.2. The van der Waals surface area contributed by atoms with E-state index in [4.69, 9.17) is 9.47 Å². The molecule has 2 aromatic rings. The Labute approximate surface area is 229 Å². The fraction of sp³-hybridized carbons (Fsp3) is 0.667. The maximum Gasteiger partial charge on any atom is 0.236 e. The minimum Gasteiger partial charge on any atom is -0.454 e. The summed E-state index contributed by atoms with van der Waals surface area (Å²) in [5.74, 6) is 3.76. The molecule has 1 aromatic carbocycles. The monoisotopic (exact) mass is 526 g/mol. The first-order valence-electron chi connectivity index (χ1n) is 14.3. The maximum absolute atomic E-state index is 13.7. The number of imidazole rings is 1. The van der Waals surface area contributed by atoms with Crippen molar-refractivity contribution in [3.63, 3.8) is 0 Å². The van der Waals surface area contributed by atoms with Gasteiger partial charge in [0.05, 0.1) is 34.2 Å². The Morgan fingerprint density at radius 1 is 1.16 bits per heavy atom. The van der Waals surface area contributed by atoms with Crippen LogP contribution in [0.1, 0.15) is 56.8 Å². The van der Waals surface area contributed by atoms with E-state index in [9.17, 15) is 4.79 Å². The number of benzene rings is 1. The number of amides is 1. The van der Waals surface area contributed by atoms with Gasteiger partial charge >= 0.3 is 0 Å². The molecule has 1 saturated heterocycles. The molecule has 1 amide bonds. The number of rotatable bonds is 13. The maximum atomic E-state index is 13.7. The second-order valence-electron chi connectivity index (χ2n) is 12.2. The molecule has 3 atom stereocenters. The molecule has 2 aliphatic rings. The SMILES string of the molecule is CCCCN(CCC[N+](C)(C)C)C(=O)CN1C[C@H](c2ccc3c(c2)OCO3)[C@@H](C)[C@@H]1CCc1nccn1C. The Bertz CT molecular complexity index is 1060. The number of aromatic nitrogens is 2. The summed E-state index contributed by atoms with van der Waals surface area (Å²) in [4.78, 5) is 22.8. The number of carbonyl (C=O) groups is 1. The molecule has 38 heavy (non-hydrogen) atoms. The highest BCUT2D eigenvalue weighted by Gasteiger charge is 2.41. The highest BCUT2D eigenvalue weighted by molar-refractivity contribution is 5.78. The van der Waals surface area contributed by atoms with Crippen molar-refractivity contribution in [1.82, 2.24) is 19.4 Å². The Morgan fingerprint density at radius 3 is 2.63 bits per heavy atom. The quantitative estimate of drug-likeness (QED) is 0.371. The van der Waals surface area contributed by atoms with Gasteiger partial charge in [-0.15, -0.1) is 0 Å². The summed E-state index contributed by atoms with van der Waals surface area (Å²) in [5.41, 5.74) is 1.27. The molecule has 1 fully saturated rings. The van der Waals surface area contributed by atoms with Crippen LogP contribution in [0.25, 0.3) is 0 Å². The smallest absolute Gasteiger partial charge is 0.236 e. The lowest BCUT2D eigenvalue weighted by molar-refractivity contribution is -0.870. The molecule has 210 valence electrons. The number of unbranched alkanes of at least 4 members (excludes halogenated alkanes) is 1. The number of aryl methyl sites for hydroxylation is 2. The predicted molar refractivity (Wildman–Crippen MR) is 150 cm³/mol. The van der Waals surface area contributed by atoms with Crippen LogP contribution in [0, 0.1) is 5.92 Å². The van der Waals surface area contributed by atoms with Crippen LogP contribution in [0.5, 0.6) is 11.5 Å². The number of nitrogens with zero attached hydrogens (tertiary/aromatic N) is 5. The van der Waals surface area contributed by atoms with Crippen LogP contribution < -0.4 is 9.47 Å². The zero-order chi connectivity index (χ0) is 27.3. The molecule has 4 rings (SSSR count). The lowest BCUT2D eigenvalue weighted by Gasteiger charge is -2.31. The zero-order valence-corrected chi connectivity index (χ0v) is 24.4. The number of carbonyl (C=O) groups excluding carboxylic acids is 1. The molecule has 0 N–H and O–H groups in total. The van der Waals surface area contributed by atoms with Crippen LogP contribution in [0.3, 0.4) is 0 Å². The number of hydrogen-bond acceptors (Lipinski definition) is 5. The van der Waals surface area contributed by atoms with Gasteiger partial charge in [-0.1, -0.05) is 26.3 Å². The lowest BCUT2D eigenvalue weighted by Crippen LogP contribution is -2.45. The van der Waals surface area contributed by atoms with Gasteiger partial charge in [-0.05, 0) is 36.5 Å². The Morgan fingerprint density at radius 2 is 1.92 bits per heavy atom. The van der Waals surface area contributed by atoms with E-state index in [-0.39, 0.29) is 12.7 Å². The minimum atomic E-state index is 0.264. The van der Waals surface area contributed by atoms with Crippen molar-refractivity contribution in [1.29, 1.82) is 0 Å². The molecule has 0 bridgehead atoms. The van der Waals surface area contributed by atoms with Gasteiger partial charge < -0.3 is 23.4 Å². The van der Waals surface area contributed by atoms with Crippen molar-refractivity contribution in [3.8, 4) is 11.5 Å². The summed E-state index contributed by atoms with van der Waals surface area (Å²) < 4.78 is 14.3. The third-order valence-electron chi connectivity index (χ3n) is 8.28. The molecule has 8 nitrogen and oxygen atoms in total. The topological polar surface area (TPSA) is 59.8 Å². The van der Waals surface area contributed by atoms with Gasteiger partial charge in [0.25, 0.3) is 0 Å². The number of fused-ring (bicyclic) bond motifs is 1. The summed E-state index contributed by atoms with van der Waals surface area (Å²) in [6.07, 6.45) is 8.93. The number of hydrogen-bond donors (Lipinski definition) is 0. The molecule has 0 spiro atoms. The first-order valence-corrected chi connectivity index (χ1v) is 14.3. The number of quaternary nitrogens is 1. The zero-order valence-electron chi connectivity index (χ0n) is 24.4. The van der Waals surface area contributed by atoms with E-state index in [1.165, 1.54) is 5.56 Å². The Kier molecular flexibility index (Phi) is 9.36. The molecule has 0 saturated carbocycles. The number of likely N-dealkylation sites (tertiary alicyclic amines) is 1. The second kappa shape index (κ2) is 12.5. The van der Waals surface area contributed by atoms with E-state index >= 15 is 0 Å². The van der Waals surface area contributed by atoms with Gasteiger partial charge in [0.15, 0.2) is 11.5 Å². The lowest BCUT2D eigenvalue weighted by atomic mass is 9.85. The summed E-state index contributed by atoms with van der Waals surface area (Å²) in [7, 11) is 8.70. The van der Waals surface area contributed by atoms with Gasteiger partial charge in [-0.25, -0.2) is 4.98 Å². The molecule has 0 aliphatic carbocycles. The van der Waals surface area contributed by atoms with E-state index in [1.807, 2.05) is 18.5 Å². The third-order valence-corrected chi connectivity index (χ3v) is 8.28. The van der Waals surface area contributed by atoms with Crippen LogP contribution in [-0.2, 0) is 18.3 Å². The van der Waals surface area contributed by atoms with E-state index in [0.29, 0.717) is 24.4 Å². The van der Waals surface area contributed by atoms with Crippen LogP contribution in [0.2, 0.25) is 0 Å². The molecule has 1 aromatic heterocycles. The summed E-state index contributed by atoms with van der Waals surface area (Å²) >= 11 is 0. The van der Waals surface area contributed by atoms with E-state index in [0.717, 1.165) is 80.1 Å². The van der Waals surface area contributed by atoms with Gasteiger partial charge in [0.2, 0.25) is 12.7 Å². The van der Waals surface area contributed by atoms with Crippen LogP contribution in [-0.4, -0.2) is 96.4 Å². The van der Waals surface area contributed by atoms with E-state index in [1.54, 1.807) is 0 Å². The van der Waals surface area contributed by atoms with Gasteiger partial charge in [0, 0.05) is 63.9 Å². The minimum absolute atomic E-state index is 0.264. The van der Waals surface area contributed by atoms with Crippen LogP contribution >= 0.6 is 0 Å². The molecular weight excluding hydrogens is 478 g/mol. The highest BCUT2D eigenvalue weighted by Crippen LogP contribution is 2.42. The largest absolute Gasteiger partial charge is 0.454 e. The normalized spacial score (nSPS) is 21.3. The Hall–Kier alpha value is -2.58. The van der Waals surface area contributed by atoms with Crippen molar-refractivity contribution in [2.24, 2.45) is 13.0 Å². The van der Waals surface area contributed by atoms with E-state index in [2.05, 4.69) is 73.5 Å². The van der Waals surface area contributed by atoms with Gasteiger partial charge in [0.1, 0.15) is 5.82 Å². The fourth-order valence-corrected chi connectivity index (χ4v) is 5.97. The van der Waals surface area contributed by atoms with Crippen LogP contribution in [0.4, 0.5) is 0 Å². The van der Waals surface area contributed by atoms with Crippen molar-refractivity contribution < 1.29 is 18.8 Å². The van der Waals surface area contributed by atoms with Gasteiger partial charge in [-0.2, -0.15) is 0 Å². The van der Waals surface area contributed by atoms with Crippen molar-refractivity contribution in [2.75, 3.05) is 60.7 Å². The Balaban J connectivity index is 1.49. The average Bonchev–Trinajstić information content (AvgIpc) is 3.58. The number of ether oxygens (including phenoxy) is 2. The highest BCUT2D eigenvalue weighted by atomic mass is 16.7. The predicted octanol–water partition coefficient (Wildman–Crippen LogP) is 3.91. The molecule has 3 heterocycles. The van der Waals surface area contributed by atoms with Gasteiger partial charge in [-0.3, -0.25) is 9.69 Å². The van der Waals surface area contributed by atoms with Crippen molar-refractivity contribution in [2.45, 2.75) is 57.9 Å². The first kappa shape index (κ1) is 28.4. The third kappa shape index (κ3) is 7.08. The van der Waals surface area contributed by atoms with Crippen molar-refractivity contribution >= 4 is 5.91 Å². The summed E-state index contributed by atoms with van der Waals surface area (Å²) in [5, 5.41) is 0. The van der Waals surface area contributed by atoms with Crippen molar-refractivity contribution in [3.05, 3.63) is 42.0 Å². The summed E-state index contributed by atoms with van der Waals surface area (Å²) in [6.45, 7) is 8.92. The molecule has 0 radical (unpaired) electrons. The standard InChI is InChI=1S/C30H48N5O3/c1-7-8-15-33(16-9-18-35(4,5)6)30(36)21-34-20-25(24-10-12-27-28(19-24)38-22-37-27)23(2)26(34)11-13-29-31-14-17-32(29)3/h10,12,14,17,19,23,25-26H,7-9,11,13,15-16,18,20-22H2,1-6H3/q+1/t23-,25+,26+/m1/s1. The fourth-order valence-electron chi connectivity index (χ4n) is 5.97. The molecule has 8 heteroatoms.